The zero-order valence-electron chi connectivity index (χ0n) is 18.2. The molecule has 0 saturated heterocycles. The SMILES string of the molecule is Cc1ccc2c(c1)c1c3n2CCN(c2nc(-c4cccc5ccccc45)cs2)C3CCC1. The van der Waals surface area contributed by atoms with Crippen molar-refractivity contribution in [1.82, 2.24) is 9.55 Å². The van der Waals surface area contributed by atoms with Crippen LogP contribution in [-0.2, 0) is 13.0 Å². The monoisotopic (exact) mass is 435 g/mol. The van der Waals surface area contributed by atoms with Gasteiger partial charge in [0.15, 0.2) is 5.13 Å². The molecule has 0 fully saturated rings. The molecule has 2 aliphatic rings. The van der Waals surface area contributed by atoms with Crippen molar-refractivity contribution < 1.29 is 0 Å². The maximum atomic E-state index is 5.18. The number of hydrogen-bond acceptors (Lipinski definition) is 3. The quantitative estimate of drug-likeness (QED) is 0.294. The molecule has 3 nitrogen and oxygen atoms in total. The molecule has 1 aliphatic heterocycles. The zero-order chi connectivity index (χ0) is 21.2. The van der Waals surface area contributed by atoms with Gasteiger partial charge >= 0.3 is 0 Å². The summed E-state index contributed by atoms with van der Waals surface area (Å²) in [5, 5.41) is 7.43. The smallest absolute Gasteiger partial charge is 0.186 e. The number of aromatic nitrogens is 2. The molecular formula is C28H25N3S. The van der Waals surface area contributed by atoms with Gasteiger partial charge in [-0.05, 0) is 54.7 Å². The lowest BCUT2D eigenvalue weighted by Crippen LogP contribution is -2.39. The molecule has 158 valence electrons. The van der Waals surface area contributed by atoms with Crippen molar-refractivity contribution in [2.24, 2.45) is 0 Å². The van der Waals surface area contributed by atoms with Gasteiger partial charge in [0.2, 0.25) is 0 Å². The summed E-state index contributed by atoms with van der Waals surface area (Å²) in [6.07, 6.45) is 3.67. The number of aryl methyl sites for hydroxylation is 2. The van der Waals surface area contributed by atoms with Crippen LogP contribution in [0.2, 0.25) is 0 Å². The zero-order valence-corrected chi connectivity index (χ0v) is 19.0. The first-order chi connectivity index (χ1) is 15.8. The minimum absolute atomic E-state index is 0.437. The van der Waals surface area contributed by atoms with Crippen LogP contribution in [0.3, 0.4) is 0 Å². The van der Waals surface area contributed by atoms with Crippen LogP contribution < -0.4 is 4.90 Å². The van der Waals surface area contributed by atoms with Crippen LogP contribution in [0.1, 0.15) is 35.7 Å². The van der Waals surface area contributed by atoms with Crippen molar-refractivity contribution in [1.29, 1.82) is 0 Å². The summed E-state index contributed by atoms with van der Waals surface area (Å²) in [6.45, 7) is 4.27. The van der Waals surface area contributed by atoms with E-state index < -0.39 is 0 Å². The van der Waals surface area contributed by atoms with Gasteiger partial charge in [-0.3, -0.25) is 0 Å². The molecular weight excluding hydrogens is 410 g/mol. The molecule has 3 heterocycles. The number of benzene rings is 3. The summed E-state index contributed by atoms with van der Waals surface area (Å²) in [5.41, 5.74) is 8.23. The Labute approximate surface area is 191 Å². The van der Waals surface area contributed by atoms with Crippen molar-refractivity contribution in [3.63, 3.8) is 0 Å². The summed E-state index contributed by atoms with van der Waals surface area (Å²) in [5.74, 6) is 0. The van der Waals surface area contributed by atoms with Gasteiger partial charge < -0.3 is 9.47 Å². The van der Waals surface area contributed by atoms with E-state index in [-0.39, 0.29) is 0 Å². The van der Waals surface area contributed by atoms with Crippen LogP contribution in [-0.4, -0.2) is 16.1 Å². The Bertz CT molecular complexity index is 1490. The summed E-state index contributed by atoms with van der Waals surface area (Å²) in [4.78, 5) is 7.77. The summed E-state index contributed by atoms with van der Waals surface area (Å²) in [6, 6.07) is 22.6. The van der Waals surface area contributed by atoms with E-state index in [1.807, 2.05) is 0 Å². The van der Waals surface area contributed by atoms with E-state index in [4.69, 9.17) is 4.98 Å². The van der Waals surface area contributed by atoms with Gasteiger partial charge in [-0.1, -0.05) is 54.1 Å². The topological polar surface area (TPSA) is 21.1 Å². The lowest BCUT2D eigenvalue weighted by Gasteiger charge is -2.39. The largest absolute Gasteiger partial charge is 0.341 e. The highest BCUT2D eigenvalue weighted by Crippen LogP contribution is 2.45. The van der Waals surface area contributed by atoms with E-state index in [2.05, 4.69) is 82.4 Å². The van der Waals surface area contributed by atoms with Crippen molar-refractivity contribution in [3.8, 4) is 11.3 Å². The van der Waals surface area contributed by atoms with Crippen LogP contribution in [0.4, 0.5) is 5.13 Å². The van der Waals surface area contributed by atoms with Gasteiger partial charge in [-0.15, -0.1) is 11.3 Å². The molecule has 0 amide bonds. The normalized spacial score (nSPS) is 17.8. The predicted molar refractivity (Wildman–Crippen MR) is 135 cm³/mol. The third kappa shape index (κ3) is 2.62. The van der Waals surface area contributed by atoms with Crippen molar-refractivity contribution in [2.45, 2.75) is 38.8 Å². The fraction of sp³-hybridized carbons (Fsp3) is 0.250. The highest BCUT2D eigenvalue weighted by molar-refractivity contribution is 7.14. The van der Waals surface area contributed by atoms with Crippen molar-refractivity contribution in [3.05, 3.63) is 82.9 Å². The van der Waals surface area contributed by atoms with Crippen LogP contribution in [0.5, 0.6) is 0 Å². The van der Waals surface area contributed by atoms with Gasteiger partial charge in [-0.25, -0.2) is 4.98 Å². The second-order valence-corrected chi connectivity index (χ2v) is 10.0. The number of hydrogen-bond donors (Lipinski definition) is 0. The van der Waals surface area contributed by atoms with Gasteiger partial charge in [-0.2, -0.15) is 0 Å². The molecule has 1 aliphatic carbocycles. The van der Waals surface area contributed by atoms with Gasteiger partial charge in [0.1, 0.15) is 0 Å². The average molecular weight is 436 g/mol. The highest BCUT2D eigenvalue weighted by Gasteiger charge is 2.36. The molecule has 0 bridgehead atoms. The molecule has 2 aromatic heterocycles. The first kappa shape index (κ1) is 18.5. The molecule has 1 atom stereocenters. The lowest BCUT2D eigenvalue weighted by atomic mass is 9.89. The summed E-state index contributed by atoms with van der Waals surface area (Å²) >= 11 is 1.80. The third-order valence-corrected chi connectivity index (χ3v) is 8.21. The molecule has 4 heteroatoms. The van der Waals surface area contributed by atoms with Gasteiger partial charge in [0, 0.05) is 40.6 Å². The molecule has 0 saturated carbocycles. The molecule has 32 heavy (non-hydrogen) atoms. The average Bonchev–Trinajstić information content (AvgIpc) is 3.44. The van der Waals surface area contributed by atoms with E-state index in [1.54, 1.807) is 22.6 Å². The molecule has 7 rings (SSSR count). The van der Waals surface area contributed by atoms with Crippen LogP contribution in [0.15, 0.2) is 66.0 Å². The van der Waals surface area contributed by atoms with Crippen LogP contribution in [0.25, 0.3) is 32.9 Å². The Kier molecular flexibility index (Phi) is 4.01. The Balaban J connectivity index is 1.32. The fourth-order valence-corrected chi connectivity index (χ4v) is 6.82. The fourth-order valence-electron chi connectivity index (χ4n) is 5.92. The van der Waals surface area contributed by atoms with Crippen LogP contribution in [0, 0.1) is 6.92 Å². The molecule has 0 N–H and O–H groups in total. The maximum Gasteiger partial charge on any atom is 0.186 e. The second kappa shape index (κ2) is 6.94. The van der Waals surface area contributed by atoms with E-state index in [0.29, 0.717) is 6.04 Å². The first-order valence-corrected chi connectivity index (χ1v) is 12.5. The number of anilines is 1. The summed E-state index contributed by atoms with van der Waals surface area (Å²) < 4.78 is 2.60. The second-order valence-electron chi connectivity index (χ2n) is 9.18. The van der Waals surface area contributed by atoms with Crippen LogP contribution >= 0.6 is 11.3 Å². The molecule has 1 unspecified atom stereocenters. The number of nitrogens with zero attached hydrogens (tertiary/aromatic N) is 3. The Hall–Kier alpha value is -3.11. The minimum atomic E-state index is 0.437. The number of thiazole rings is 1. The van der Waals surface area contributed by atoms with Crippen molar-refractivity contribution >= 4 is 38.1 Å². The Morgan fingerprint density at radius 1 is 0.969 bits per heavy atom. The van der Waals surface area contributed by atoms with Gasteiger partial charge in [0.05, 0.1) is 11.7 Å². The maximum absolute atomic E-state index is 5.18. The lowest BCUT2D eigenvalue weighted by molar-refractivity contribution is 0.437. The first-order valence-electron chi connectivity index (χ1n) is 11.6. The summed E-state index contributed by atoms with van der Waals surface area (Å²) in [7, 11) is 0. The van der Waals surface area contributed by atoms with Crippen molar-refractivity contribution in [2.75, 3.05) is 11.4 Å². The molecule has 5 aromatic rings. The Morgan fingerprint density at radius 2 is 1.88 bits per heavy atom. The minimum Gasteiger partial charge on any atom is -0.341 e. The molecule has 3 aromatic carbocycles. The standard InChI is InChI=1S/C28H25N3S/c1-18-12-13-25-23(16-18)22-10-5-11-26-27(22)30(25)14-15-31(26)28-29-24(17-32-28)21-9-4-7-19-6-2-3-8-20(19)21/h2-4,6-9,12-13,16-17,26H,5,10-11,14-15H2,1H3. The van der Waals surface area contributed by atoms with E-state index >= 15 is 0 Å². The van der Waals surface area contributed by atoms with E-state index in [0.717, 1.165) is 18.8 Å². The number of fused-ring (bicyclic) bond motifs is 4. The Morgan fingerprint density at radius 3 is 2.84 bits per heavy atom. The van der Waals surface area contributed by atoms with E-state index in [9.17, 15) is 0 Å². The molecule has 0 radical (unpaired) electrons. The molecule has 0 spiro atoms. The number of rotatable bonds is 2. The third-order valence-electron chi connectivity index (χ3n) is 7.33. The van der Waals surface area contributed by atoms with Gasteiger partial charge in [0.25, 0.3) is 0 Å². The van der Waals surface area contributed by atoms with E-state index in [1.165, 1.54) is 57.2 Å². The predicted octanol–water partition coefficient (Wildman–Crippen LogP) is 7.12. The highest BCUT2D eigenvalue weighted by atomic mass is 32.1.